The molecule has 3 nitrogen and oxygen atoms in total. The molecule has 1 atom stereocenters. The lowest BCUT2D eigenvalue weighted by atomic mass is 10.1. The van der Waals surface area contributed by atoms with Crippen LogP contribution in [0.2, 0.25) is 0 Å². The van der Waals surface area contributed by atoms with Gasteiger partial charge in [-0.1, -0.05) is 0 Å². The summed E-state index contributed by atoms with van der Waals surface area (Å²) in [4.78, 5) is 13.6. The largest absolute Gasteiger partial charge is 0.338 e. The number of carbonyl (C=O) groups is 1. The van der Waals surface area contributed by atoms with E-state index < -0.39 is 0 Å². The molecule has 1 fully saturated rings. The molecular formula is C10H20N2O. The zero-order valence-corrected chi connectivity index (χ0v) is 9.05. The molecule has 1 unspecified atom stereocenters. The van der Waals surface area contributed by atoms with Crippen molar-refractivity contribution in [2.75, 3.05) is 20.1 Å². The molecule has 1 N–H and O–H groups in total. The van der Waals surface area contributed by atoms with E-state index in [0.29, 0.717) is 18.2 Å². The number of amides is 1. The Morgan fingerprint density at radius 2 is 2.15 bits per heavy atom. The van der Waals surface area contributed by atoms with E-state index >= 15 is 0 Å². The molecule has 0 saturated carbocycles. The van der Waals surface area contributed by atoms with Gasteiger partial charge in [-0.15, -0.1) is 0 Å². The molecule has 0 aromatic heterocycles. The molecule has 13 heavy (non-hydrogen) atoms. The van der Waals surface area contributed by atoms with Crippen molar-refractivity contribution in [3.8, 4) is 0 Å². The molecule has 0 aromatic carbocycles. The summed E-state index contributed by atoms with van der Waals surface area (Å²) in [6, 6.07) is 0. The molecule has 0 aliphatic carbocycles. The number of hydrogen-bond donors (Lipinski definition) is 1. The fourth-order valence-electron chi connectivity index (χ4n) is 1.86. The minimum absolute atomic E-state index is 0.0143. The predicted molar refractivity (Wildman–Crippen MR) is 53.5 cm³/mol. The van der Waals surface area contributed by atoms with Crippen molar-refractivity contribution >= 4 is 5.91 Å². The Morgan fingerprint density at radius 3 is 2.54 bits per heavy atom. The maximum Gasteiger partial charge on any atom is 0.223 e. The van der Waals surface area contributed by atoms with Crippen LogP contribution in [0, 0.1) is 5.92 Å². The van der Waals surface area contributed by atoms with E-state index in [4.69, 9.17) is 0 Å². The maximum absolute atomic E-state index is 11.6. The van der Waals surface area contributed by atoms with E-state index in [1.807, 2.05) is 11.9 Å². The lowest BCUT2D eigenvalue weighted by molar-refractivity contribution is -0.131. The van der Waals surface area contributed by atoms with E-state index in [9.17, 15) is 4.79 Å². The molecule has 0 spiro atoms. The second-order valence-corrected chi connectivity index (χ2v) is 4.80. The van der Waals surface area contributed by atoms with Crippen LogP contribution < -0.4 is 5.32 Å². The summed E-state index contributed by atoms with van der Waals surface area (Å²) < 4.78 is 0. The quantitative estimate of drug-likeness (QED) is 0.690. The third kappa shape index (κ3) is 2.44. The van der Waals surface area contributed by atoms with Crippen LogP contribution in [-0.4, -0.2) is 36.5 Å². The van der Waals surface area contributed by atoms with E-state index in [2.05, 4.69) is 26.1 Å². The molecule has 76 valence electrons. The van der Waals surface area contributed by atoms with Gasteiger partial charge in [-0.25, -0.2) is 0 Å². The highest BCUT2D eigenvalue weighted by molar-refractivity contribution is 5.79. The van der Waals surface area contributed by atoms with Crippen LogP contribution >= 0.6 is 0 Å². The second kappa shape index (κ2) is 3.66. The van der Waals surface area contributed by atoms with Crippen LogP contribution in [0.25, 0.3) is 0 Å². The van der Waals surface area contributed by atoms with E-state index in [1.54, 1.807) is 0 Å². The highest BCUT2D eigenvalue weighted by Crippen LogP contribution is 2.24. The van der Waals surface area contributed by atoms with Crippen LogP contribution in [0.3, 0.4) is 0 Å². The van der Waals surface area contributed by atoms with Gasteiger partial charge in [0.05, 0.1) is 0 Å². The first-order valence-corrected chi connectivity index (χ1v) is 4.90. The standard InChI is InChI=1S/C10H20N2O/c1-10(2,3)12-7-8(6-11-4)5-9(12)13/h8,11H,5-7H2,1-4H3. The molecule has 0 bridgehead atoms. The van der Waals surface area contributed by atoms with Crippen molar-refractivity contribution in [3.05, 3.63) is 0 Å². The van der Waals surface area contributed by atoms with Gasteiger partial charge < -0.3 is 10.2 Å². The van der Waals surface area contributed by atoms with Crippen molar-refractivity contribution in [1.82, 2.24) is 10.2 Å². The van der Waals surface area contributed by atoms with Gasteiger partial charge in [0.1, 0.15) is 0 Å². The fourth-order valence-corrected chi connectivity index (χ4v) is 1.86. The summed E-state index contributed by atoms with van der Waals surface area (Å²) >= 11 is 0. The molecule has 1 rings (SSSR count). The van der Waals surface area contributed by atoms with Crippen molar-refractivity contribution in [2.45, 2.75) is 32.7 Å². The lowest BCUT2D eigenvalue weighted by Crippen LogP contribution is -2.42. The Hall–Kier alpha value is -0.570. The first-order chi connectivity index (χ1) is 5.95. The van der Waals surface area contributed by atoms with Gasteiger partial charge in [-0.3, -0.25) is 4.79 Å². The van der Waals surface area contributed by atoms with Gasteiger partial charge in [0.15, 0.2) is 0 Å². The van der Waals surface area contributed by atoms with Crippen LogP contribution in [0.1, 0.15) is 27.2 Å². The van der Waals surface area contributed by atoms with Crippen LogP contribution in [0.4, 0.5) is 0 Å². The summed E-state index contributed by atoms with van der Waals surface area (Å²) in [5.41, 5.74) is -0.0143. The summed E-state index contributed by atoms with van der Waals surface area (Å²) in [6.45, 7) is 8.12. The highest BCUT2D eigenvalue weighted by Gasteiger charge is 2.35. The molecule has 1 heterocycles. The number of nitrogens with one attached hydrogen (secondary N) is 1. The monoisotopic (exact) mass is 184 g/mol. The third-order valence-electron chi connectivity index (χ3n) is 2.51. The van der Waals surface area contributed by atoms with Gasteiger partial charge in [-0.05, 0) is 40.3 Å². The van der Waals surface area contributed by atoms with Crippen molar-refractivity contribution in [1.29, 1.82) is 0 Å². The van der Waals surface area contributed by atoms with Crippen molar-refractivity contribution < 1.29 is 4.79 Å². The van der Waals surface area contributed by atoms with Crippen LogP contribution in [-0.2, 0) is 4.79 Å². The maximum atomic E-state index is 11.6. The summed E-state index contributed by atoms with van der Waals surface area (Å²) in [5, 5.41) is 3.12. The number of rotatable bonds is 2. The Balaban J connectivity index is 2.57. The third-order valence-corrected chi connectivity index (χ3v) is 2.51. The van der Waals surface area contributed by atoms with Gasteiger partial charge in [-0.2, -0.15) is 0 Å². The minimum atomic E-state index is -0.0143. The normalized spacial score (nSPS) is 24.2. The average molecular weight is 184 g/mol. The van der Waals surface area contributed by atoms with Gasteiger partial charge in [0.2, 0.25) is 5.91 Å². The molecule has 1 saturated heterocycles. The lowest BCUT2D eigenvalue weighted by Gasteiger charge is -2.32. The van der Waals surface area contributed by atoms with Gasteiger partial charge in [0.25, 0.3) is 0 Å². The van der Waals surface area contributed by atoms with Crippen molar-refractivity contribution in [3.63, 3.8) is 0 Å². The number of carbonyl (C=O) groups excluding carboxylic acids is 1. The Bertz CT molecular complexity index is 196. The predicted octanol–water partition coefficient (Wildman–Crippen LogP) is 0.853. The van der Waals surface area contributed by atoms with Crippen LogP contribution in [0.15, 0.2) is 0 Å². The molecular weight excluding hydrogens is 164 g/mol. The van der Waals surface area contributed by atoms with Gasteiger partial charge in [0, 0.05) is 18.5 Å². The molecule has 1 aliphatic heterocycles. The molecule has 1 aliphatic rings. The van der Waals surface area contributed by atoms with E-state index in [-0.39, 0.29) is 5.54 Å². The molecule has 1 amide bonds. The molecule has 3 heteroatoms. The number of likely N-dealkylation sites (tertiary alicyclic amines) is 1. The second-order valence-electron chi connectivity index (χ2n) is 4.80. The SMILES string of the molecule is CNCC1CC(=O)N(C(C)(C)C)C1. The topological polar surface area (TPSA) is 32.3 Å². The van der Waals surface area contributed by atoms with Crippen LogP contribution in [0.5, 0.6) is 0 Å². The van der Waals surface area contributed by atoms with Crippen molar-refractivity contribution in [2.24, 2.45) is 5.92 Å². The number of hydrogen-bond acceptors (Lipinski definition) is 2. The Labute approximate surface area is 80.5 Å². The number of nitrogens with zero attached hydrogens (tertiary/aromatic N) is 1. The zero-order valence-electron chi connectivity index (χ0n) is 9.05. The summed E-state index contributed by atoms with van der Waals surface area (Å²) in [6.07, 6.45) is 0.706. The first kappa shape index (κ1) is 10.5. The highest BCUT2D eigenvalue weighted by atomic mass is 16.2. The van der Waals surface area contributed by atoms with E-state index in [0.717, 1.165) is 13.1 Å². The average Bonchev–Trinajstić information content (AvgIpc) is 2.30. The molecule has 0 radical (unpaired) electrons. The summed E-state index contributed by atoms with van der Waals surface area (Å²) in [5.74, 6) is 0.796. The summed E-state index contributed by atoms with van der Waals surface area (Å²) in [7, 11) is 1.93. The Kier molecular flexibility index (Phi) is 2.96. The fraction of sp³-hybridized carbons (Fsp3) is 0.900. The smallest absolute Gasteiger partial charge is 0.223 e. The minimum Gasteiger partial charge on any atom is -0.338 e. The zero-order chi connectivity index (χ0) is 10.1. The molecule has 0 aromatic rings. The first-order valence-electron chi connectivity index (χ1n) is 4.90. The van der Waals surface area contributed by atoms with E-state index in [1.165, 1.54) is 0 Å². The Morgan fingerprint density at radius 1 is 1.54 bits per heavy atom. The van der Waals surface area contributed by atoms with Gasteiger partial charge >= 0.3 is 0 Å².